The number of ether oxygens (including phenoxy) is 1. The van der Waals surface area contributed by atoms with E-state index in [2.05, 4.69) is 32.8 Å². The molecule has 6 nitrogen and oxygen atoms in total. The van der Waals surface area contributed by atoms with Crippen molar-refractivity contribution in [2.75, 3.05) is 25.9 Å². The van der Waals surface area contributed by atoms with Gasteiger partial charge >= 0.3 is 0 Å². The molecule has 1 aromatic heterocycles. The molecule has 1 aliphatic rings. The first-order valence-electron chi connectivity index (χ1n) is 10.8. The molecule has 166 valence electrons. The van der Waals surface area contributed by atoms with E-state index in [4.69, 9.17) is 4.74 Å². The molecule has 0 radical (unpaired) electrons. The number of benzene rings is 2. The largest absolute Gasteiger partial charge is 0.431 e. The minimum absolute atomic E-state index is 0.512. The molecule has 0 unspecified atom stereocenters. The molecule has 1 N–H and O–H groups in total. The van der Waals surface area contributed by atoms with E-state index < -0.39 is 10.0 Å². The Balaban J connectivity index is 1.22. The molecule has 1 heterocycles. The standard InChI is InChI=1S/C23H29N3O3S2/c1-31(27,28)24-15-5-17-26(19-11-12-19)16-4-6-18-9-13-20(14-10-18)29-23-25-21-7-2-3-8-22(21)30-23/h2-3,7-10,13-14,19,24H,4-6,11-12,15-17H2,1H3. The van der Waals surface area contributed by atoms with E-state index in [9.17, 15) is 8.42 Å². The van der Waals surface area contributed by atoms with Crippen LogP contribution in [0.25, 0.3) is 10.2 Å². The van der Waals surface area contributed by atoms with Crippen molar-refractivity contribution >= 4 is 31.6 Å². The Kier molecular flexibility index (Phi) is 7.22. The molecule has 4 rings (SSSR count). The van der Waals surface area contributed by atoms with Crippen LogP contribution in [0.5, 0.6) is 10.9 Å². The normalized spacial score (nSPS) is 14.4. The molecule has 0 amide bonds. The van der Waals surface area contributed by atoms with E-state index in [0.717, 1.165) is 48.3 Å². The Morgan fingerprint density at radius 3 is 2.55 bits per heavy atom. The summed E-state index contributed by atoms with van der Waals surface area (Å²) in [6, 6.07) is 17.0. The summed E-state index contributed by atoms with van der Waals surface area (Å²) in [6.07, 6.45) is 6.69. The molecular weight excluding hydrogens is 430 g/mol. The lowest BCUT2D eigenvalue weighted by Gasteiger charge is -2.22. The highest BCUT2D eigenvalue weighted by Gasteiger charge is 2.27. The highest BCUT2D eigenvalue weighted by molar-refractivity contribution is 7.88. The summed E-state index contributed by atoms with van der Waals surface area (Å²) in [5, 5.41) is 0.666. The summed E-state index contributed by atoms with van der Waals surface area (Å²) in [7, 11) is -3.09. The van der Waals surface area contributed by atoms with Crippen LogP contribution in [0.2, 0.25) is 0 Å². The maximum Gasteiger partial charge on any atom is 0.279 e. The summed E-state index contributed by atoms with van der Waals surface area (Å²) in [6.45, 7) is 2.51. The van der Waals surface area contributed by atoms with E-state index in [1.807, 2.05) is 30.3 Å². The molecular formula is C23H29N3O3S2. The van der Waals surface area contributed by atoms with Crippen molar-refractivity contribution in [2.45, 2.75) is 38.1 Å². The fourth-order valence-corrected chi connectivity index (χ4v) is 5.01. The summed E-state index contributed by atoms with van der Waals surface area (Å²) < 4.78 is 32.0. The van der Waals surface area contributed by atoms with Crippen LogP contribution in [0.3, 0.4) is 0 Å². The van der Waals surface area contributed by atoms with Gasteiger partial charge in [0.15, 0.2) is 0 Å². The molecule has 0 atom stereocenters. The van der Waals surface area contributed by atoms with E-state index >= 15 is 0 Å². The van der Waals surface area contributed by atoms with Gasteiger partial charge in [-0.2, -0.15) is 0 Å². The predicted octanol–water partition coefficient (Wildman–Crippen LogP) is 4.42. The van der Waals surface area contributed by atoms with Gasteiger partial charge in [-0.1, -0.05) is 35.6 Å². The molecule has 1 aliphatic carbocycles. The molecule has 3 aromatic rings. The van der Waals surface area contributed by atoms with Crippen LogP contribution < -0.4 is 9.46 Å². The number of aromatic nitrogens is 1. The maximum atomic E-state index is 11.2. The second-order valence-electron chi connectivity index (χ2n) is 8.08. The molecule has 8 heteroatoms. The third-order valence-electron chi connectivity index (χ3n) is 5.36. The number of fused-ring (bicyclic) bond motifs is 1. The summed E-state index contributed by atoms with van der Waals surface area (Å²) in [4.78, 5) is 7.03. The summed E-state index contributed by atoms with van der Waals surface area (Å²) in [5.41, 5.74) is 2.26. The van der Waals surface area contributed by atoms with Gasteiger partial charge in [0.05, 0.1) is 16.5 Å². The van der Waals surface area contributed by atoms with Crippen LogP contribution in [0.1, 0.15) is 31.2 Å². The Morgan fingerprint density at radius 2 is 1.84 bits per heavy atom. The second kappa shape index (κ2) is 10.1. The number of nitrogens with one attached hydrogen (secondary N) is 1. The molecule has 0 bridgehead atoms. The number of sulfonamides is 1. The van der Waals surface area contributed by atoms with E-state index in [-0.39, 0.29) is 0 Å². The van der Waals surface area contributed by atoms with Crippen molar-refractivity contribution < 1.29 is 13.2 Å². The van der Waals surface area contributed by atoms with Gasteiger partial charge < -0.3 is 9.64 Å². The van der Waals surface area contributed by atoms with Crippen molar-refractivity contribution in [3.63, 3.8) is 0 Å². The van der Waals surface area contributed by atoms with Crippen LogP contribution in [0, 0.1) is 0 Å². The third kappa shape index (κ3) is 7.00. The van der Waals surface area contributed by atoms with Crippen molar-refractivity contribution in [3.05, 3.63) is 54.1 Å². The minimum Gasteiger partial charge on any atom is -0.431 e. The molecule has 0 saturated heterocycles. The predicted molar refractivity (Wildman–Crippen MR) is 127 cm³/mol. The van der Waals surface area contributed by atoms with Crippen molar-refractivity contribution in [1.82, 2.24) is 14.6 Å². The number of aryl methyl sites for hydroxylation is 1. The van der Waals surface area contributed by atoms with Gasteiger partial charge in [0.25, 0.3) is 5.19 Å². The zero-order chi connectivity index (χ0) is 21.7. The number of rotatable bonds is 12. The van der Waals surface area contributed by atoms with E-state index in [0.29, 0.717) is 17.8 Å². The van der Waals surface area contributed by atoms with Gasteiger partial charge in [-0.3, -0.25) is 0 Å². The van der Waals surface area contributed by atoms with Crippen LogP contribution >= 0.6 is 11.3 Å². The Labute approximate surface area is 188 Å². The van der Waals surface area contributed by atoms with Gasteiger partial charge in [0, 0.05) is 12.6 Å². The summed E-state index contributed by atoms with van der Waals surface area (Å²) >= 11 is 1.55. The minimum atomic E-state index is -3.09. The van der Waals surface area contributed by atoms with Gasteiger partial charge in [-0.05, 0) is 75.0 Å². The molecule has 1 fully saturated rings. The zero-order valence-electron chi connectivity index (χ0n) is 17.8. The summed E-state index contributed by atoms with van der Waals surface area (Å²) in [5.74, 6) is 0.806. The van der Waals surface area contributed by atoms with Crippen molar-refractivity contribution in [2.24, 2.45) is 0 Å². The third-order valence-corrected chi connectivity index (χ3v) is 7.01. The first-order chi connectivity index (χ1) is 15.0. The lowest BCUT2D eigenvalue weighted by atomic mass is 10.1. The molecule has 0 spiro atoms. The van der Waals surface area contributed by atoms with Crippen LogP contribution in [0.4, 0.5) is 0 Å². The smallest absolute Gasteiger partial charge is 0.279 e. The van der Waals surface area contributed by atoms with Crippen LogP contribution in [-0.2, 0) is 16.4 Å². The lowest BCUT2D eigenvalue weighted by molar-refractivity contribution is 0.257. The van der Waals surface area contributed by atoms with Crippen LogP contribution in [0.15, 0.2) is 48.5 Å². The van der Waals surface area contributed by atoms with Gasteiger partial charge in [-0.25, -0.2) is 18.1 Å². The number of hydrogen-bond donors (Lipinski definition) is 1. The fraction of sp³-hybridized carbons (Fsp3) is 0.435. The molecule has 2 aromatic carbocycles. The fourth-order valence-electron chi connectivity index (χ4n) is 3.66. The monoisotopic (exact) mass is 459 g/mol. The van der Waals surface area contributed by atoms with Crippen molar-refractivity contribution in [1.29, 1.82) is 0 Å². The van der Waals surface area contributed by atoms with Gasteiger partial charge in [0.2, 0.25) is 10.0 Å². The van der Waals surface area contributed by atoms with Crippen LogP contribution in [-0.4, -0.2) is 50.2 Å². The maximum absolute atomic E-state index is 11.2. The number of thiazole rings is 1. The number of para-hydroxylation sites is 1. The second-order valence-corrected chi connectivity index (χ2v) is 10.9. The highest BCUT2D eigenvalue weighted by atomic mass is 32.2. The molecule has 31 heavy (non-hydrogen) atoms. The Hall–Kier alpha value is -2.00. The Morgan fingerprint density at radius 1 is 1.10 bits per heavy atom. The first kappa shape index (κ1) is 22.2. The topological polar surface area (TPSA) is 71.5 Å². The first-order valence-corrected chi connectivity index (χ1v) is 13.5. The number of nitrogens with zero attached hydrogens (tertiary/aromatic N) is 2. The Bertz CT molecular complexity index is 1060. The quantitative estimate of drug-likeness (QED) is 0.406. The van der Waals surface area contributed by atoms with E-state index in [1.54, 1.807) is 11.3 Å². The SMILES string of the molecule is CS(=O)(=O)NCCCN(CCCc1ccc(Oc2nc3ccccc3s2)cc1)C1CC1. The molecule has 0 aliphatic heterocycles. The molecule has 1 saturated carbocycles. The highest BCUT2D eigenvalue weighted by Crippen LogP contribution is 2.31. The van der Waals surface area contributed by atoms with E-state index in [1.165, 1.54) is 24.7 Å². The average Bonchev–Trinajstić information content (AvgIpc) is 3.49. The van der Waals surface area contributed by atoms with Gasteiger partial charge in [-0.15, -0.1) is 0 Å². The van der Waals surface area contributed by atoms with Crippen molar-refractivity contribution in [3.8, 4) is 10.9 Å². The zero-order valence-corrected chi connectivity index (χ0v) is 19.4. The van der Waals surface area contributed by atoms with Gasteiger partial charge in [0.1, 0.15) is 5.75 Å². The lowest BCUT2D eigenvalue weighted by Crippen LogP contribution is -2.32. The number of hydrogen-bond acceptors (Lipinski definition) is 6. The average molecular weight is 460 g/mol.